The third-order valence-electron chi connectivity index (χ3n) is 5.28. The van der Waals surface area contributed by atoms with Gasteiger partial charge in [0, 0.05) is 30.7 Å². The number of anilines is 1. The first-order chi connectivity index (χ1) is 15.1. The average molecular weight is 541 g/mol. The van der Waals surface area contributed by atoms with Gasteiger partial charge in [-0.3, -0.25) is 14.6 Å². The molecule has 0 aliphatic carbocycles. The molecule has 0 saturated carbocycles. The molecule has 172 valence electrons. The van der Waals surface area contributed by atoms with Gasteiger partial charge in [-0.05, 0) is 43.2 Å². The molecule has 0 atom stereocenters. The Morgan fingerprint density at radius 3 is 2.81 bits per heavy atom. The number of hydrogen-bond acceptors (Lipinski definition) is 6. The number of aromatic nitrogens is 1. The molecule has 0 unspecified atom stereocenters. The van der Waals surface area contributed by atoms with Crippen molar-refractivity contribution in [1.29, 1.82) is 0 Å². The van der Waals surface area contributed by atoms with E-state index in [0.29, 0.717) is 11.7 Å². The van der Waals surface area contributed by atoms with E-state index in [0.717, 1.165) is 65.3 Å². The van der Waals surface area contributed by atoms with E-state index in [1.165, 1.54) is 11.3 Å². The van der Waals surface area contributed by atoms with Crippen molar-refractivity contribution < 1.29 is 14.3 Å². The first-order valence-corrected chi connectivity index (χ1v) is 12.1. The van der Waals surface area contributed by atoms with E-state index in [2.05, 4.69) is 20.8 Å². The molecular weight excluding hydrogens is 514 g/mol. The standard InChI is InChI=1S/C23H26BrN3O3S.ClH/c1-17-5-2-3-6-20(17)30-16-22(28)27(10-4-9-26-11-13-29-14-12-26)23-25-19-8-7-18(24)15-21(19)31-23;/h2-3,5-8,15H,4,9-14,16H2,1H3;1H. The summed E-state index contributed by atoms with van der Waals surface area (Å²) in [6.45, 7) is 6.95. The van der Waals surface area contributed by atoms with Crippen molar-refractivity contribution in [2.45, 2.75) is 13.3 Å². The average Bonchev–Trinajstić information content (AvgIpc) is 3.19. The quantitative estimate of drug-likeness (QED) is 0.406. The van der Waals surface area contributed by atoms with Gasteiger partial charge in [-0.2, -0.15) is 0 Å². The second kappa shape index (κ2) is 12.0. The molecule has 2 heterocycles. The highest BCUT2D eigenvalue weighted by Gasteiger charge is 2.21. The largest absolute Gasteiger partial charge is 0.483 e. The van der Waals surface area contributed by atoms with Crippen molar-refractivity contribution in [3.05, 3.63) is 52.5 Å². The first-order valence-electron chi connectivity index (χ1n) is 10.4. The van der Waals surface area contributed by atoms with Gasteiger partial charge in [-0.25, -0.2) is 4.98 Å². The fraction of sp³-hybridized carbons (Fsp3) is 0.391. The van der Waals surface area contributed by atoms with Gasteiger partial charge in [0.15, 0.2) is 11.7 Å². The summed E-state index contributed by atoms with van der Waals surface area (Å²) in [5.41, 5.74) is 1.91. The van der Waals surface area contributed by atoms with Gasteiger partial charge in [0.05, 0.1) is 23.4 Å². The van der Waals surface area contributed by atoms with Gasteiger partial charge in [-0.1, -0.05) is 45.5 Å². The van der Waals surface area contributed by atoms with Crippen LogP contribution in [-0.4, -0.2) is 61.8 Å². The number of ether oxygens (including phenoxy) is 2. The number of carbonyl (C=O) groups is 1. The number of carbonyl (C=O) groups excluding carboxylic acids is 1. The number of fused-ring (bicyclic) bond motifs is 1. The maximum absolute atomic E-state index is 13.2. The molecule has 1 fully saturated rings. The number of morpholine rings is 1. The van der Waals surface area contributed by atoms with Crippen LogP contribution in [0.1, 0.15) is 12.0 Å². The summed E-state index contributed by atoms with van der Waals surface area (Å²) in [7, 11) is 0. The Balaban J connectivity index is 0.00000289. The summed E-state index contributed by atoms with van der Waals surface area (Å²) in [6, 6.07) is 13.7. The van der Waals surface area contributed by atoms with Crippen LogP contribution in [-0.2, 0) is 9.53 Å². The van der Waals surface area contributed by atoms with Gasteiger partial charge in [-0.15, -0.1) is 12.4 Å². The highest BCUT2D eigenvalue weighted by molar-refractivity contribution is 9.10. The van der Waals surface area contributed by atoms with Crippen LogP contribution in [0.3, 0.4) is 0 Å². The summed E-state index contributed by atoms with van der Waals surface area (Å²) in [6.07, 6.45) is 0.871. The van der Waals surface area contributed by atoms with Crippen LogP contribution in [0.2, 0.25) is 0 Å². The third kappa shape index (κ3) is 6.42. The summed E-state index contributed by atoms with van der Waals surface area (Å²) >= 11 is 5.05. The number of para-hydroxylation sites is 1. The normalized spacial score (nSPS) is 14.2. The molecule has 4 rings (SSSR count). The molecule has 0 N–H and O–H groups in total. The van der Waals surface area contributed by atoms with Crippen molar-refractivity contribution in [3.8, 4) is 5.75 Å². The molecule has 0 spiro atoms. The van der Waals surface area contributed by atoms with Crippen LogP contribution in [0.5, 0.6) is 5.75 Å². The fourth-order valence-electron chi connectivity index (χ4n) is 3.54. The Morgan fingerprint density at radius 1 is 1.25 bits per heavy atom. The second-order valence-electron chi connectivity index (χ2n) is 7.52. The van der Waals surface area contributed by atoms with Crippen molar-refractivity contribution in [2.75, 3.05) is 50.9 Å². The lowest BCUT2D eigenvalue weighted by atomic mass is 10.2. The van der Waals surface area contributed by atoms with E-state index in [9.17, 15) is 4.79 Å². The molecule has 1 aromatic heterocycles. The Bertz CT molecular complexity index is 1040. The molecule has 32 heavy (non-hydrogen) atoms. The Kier molecular flexibility index (Phi) is 9.31. The molecule has 2 aromatic carbocycles. The number of benzene rings is 2. The second-order valence-corrected chi connectivity index (χ2v) is 9.44. The topological polar surface area (TPSA) is 54.9 Å². The summed E-state index contributed by atoms with van der Waals surface area (Å²) in [5.74, 6) is 0.653. The Morgan fingerprint density at radius 2 is 2.03 bits per heavy atom. The van der Waals surface area contributed by atoms with Crippen LogP contribution in [0, 0.1) is 6.92 Å². The zero-order valence-corrected chi connectivity index (χ0v) is 21.2. The summed E-state index contributed by atoms with van der Waals surface area (Å²) in [5, 5.41) is 0.716. The van der Waals surface area contributed by atoms with E-state index in [-0.39, 0.29) is 24.9 Å². The zero-order chi connectivity index (χ0) is 21.6. The van der Waals surface area contributed by atoms with Crippen LogP contribution < -0.4 is 9.64 Å². The van der Waals surface area contributed by atoms with E-state index < -0.39 is 0 Å². The molecule has 1 aliphatic rings. The number of hydrogen-bond donors (Lipinski definition) is 0. The molecule has 1 amide bonds. The third-order valence-corrected chi connectivity index (χ3v) is 6.81. The minimum atomic E-state index is -0.0802. The summed E-state index contributed by atoms with van der Waals surface area (Å²) in [4.78, 5) is 22.1. The van der Waals surface area contributed by atoms with Crippen molar-refractivity contribution >= 4 is 60.9 Å². The van der Waals surface area contributed by atoms with Gasteiger partial charge in [0.1, 0.15) is 5.75 Å². The number of thiazole rings is 1. The van der Waals surface area contributed by atoms with E-state index in [1.54, 1.807) is 4.90 Å². The number of amides is 1. The molecule has 1 saturated heterocycles. The lowest BCUT2D eigenvalue weighted by Gasteiger charge is -2.27. The maximum Gasteiger partial charge on any atom is 0.266 e. The number of halogens is 2. The van der Waals surface area contributed by atoms with Gasteiger partial charge in [0.25, 0.3) is 5.91 Å². The van der Waals surface area contributed by atoms with Crippen LogP contribution in [0.15, 0.2) is 46.9 Å². The van der Waals surface area contributed by atoms with Crippen LogP contribution in [0.25, 0.3) is 10.2 Å². The van der Waals surface area contributed by atoms with E-state index in [4.69, 9.17) is 14.5 Å². The number of nitrogens with zero attached hydrogens (tertiary/aromatic N) is 3. The molecular formula is C23H27BrClN3O3S. The molecule has 0 radical (unpaired) electrons. The van der Waals surface area contributed by atoms with Gasteiger partial charge >= 0.3 is 0 Å². The predicted molar refractivity (Wildman–Crippen MR) is 135 cm³/mol. The van der Waals surface area contributed by atoms with E-state index in [1.807, 2.05) is 49.4 Å². The van der Waals surface area contributed by atoms with Crippen molar-refractivity contribution in [1.82, 2.24) is 9.88 Å². The zero-order valence-electron chi connectivity index (χ0n) is 18.0. The SMILES string of the molecule is Cc1ccccc1OCC(=O)N(CCCN1CCOCC1)c1nc2ccc(Br)cc2s1.Cl. The predicted octanol–water partition coefficient (Wildman–Crippen LogP) is 4.92. The van der Waals surface area contributed by atoms with Crippen molar-refractivity contribution in [3.63, 3.8) is 0 Å². The number of rotatable bonds is 8. The van der Waals surface area contributed by atoms with E-state index >= 15 is 0 Å². The monoisotopic (exact) mass is 539 g/mol. The lowest BCUT2D eigenvalue weighted by molar-refractivity contribution is -0.120. The summed E-state index contributed by atoms with van der Waals surface area (Å²) < 4.78 is 13.3. The minimum Gasteiger partial charge on any atom is -0.483 e. The van der Waals surface area contributed by atoms with Crippen LogP contribution >= 0.6 is 39.7 Å². The Labute approximate surface area is 207 Å². The molecule has 3 aromatic rings. The van der Waals surface area contributed by atoms with Crippen LogP contribution in [0.4, 0.5) is 5.13 Å². The minimum absolute atomic E-state index is 0. The lowest BCUT2D eigenvalue weighted by Crippen LogP contribution is -2.40. The fourth-order valence-corrected chi connectivity index (χ4v) is 5.10. The van der Waals surface area contributed by atoms with Gasteiger partial charge in [0.2, 0.25) is 0 Å². The first kappa shape index (κ1) is 24.9. The smallest absolute Gasteiger partial charge is 0.266 e. The highest BCUT2D eigenvalue weighted by Crippen LogP contribution is 2.31. The molecule has 9 heteroatoms. The Hall–Kier alpha value is -1.71. The molecule has 1 aliphatic heterocycles. The molecule has 6 nitrogen and oxygen atoms in total. The number of aryl methyl sites for hydroxylation is 1. The highest BCUT2D eigenvalue weighted by atomic mass is 79.9. The maximum atomic E-state index is 13.2. The molecule has 0 bridgehead atoms. The van der Waals surface area contributed by atoms with Crippen molar-refractivity contribution in [2.24, 2.45) is 0 Å². The van der Waals surface area contributed by atoms with Gasteiger partial charge < -0.3 is 9.47 Å².